The number of amides is 1. The fourth-order valence-electron chi connectivity index (χ4n) is 6.31. The van der Waals surface area contributed by atoms with Crippen LogP contribution in [0.4, 0.5) is 11.5 Å². The summed E-state index contributed by atoms with van der Waals surface area (Å²) >= 11 is -1.40. The van der Waals surface area contributed by atoms with Crippen LogP contribution in [0.5, 0.6) is 11.5 Å². The number of nitrogens with zero attached hydrogens (tertiary/aromatic N) is 3. The van der Waals surface area contributed by atoms with E-state index in [-0.39, 0.29) is 29.5 Å². The maximum absolute atomic E-state index is 15.0. The van der Waals surface area contributed by atoms with Crippen LogP contribution in [0.2, 0.25) is 0 Å². The van der Waals surface area contributed by atoms with E-state index in [2.05, 4.69) is 4.98 Å². The number of hydrogen-bond acceptors (Lipinski definition) is 10. The van der Waals surface area contributed by atoms with Gasteiger partial charge in [0.15, 0.2) is 0 Å². The average molecular weight is 781 g/mol. The number of carbonyl (C=O) groups is 2. The first-order chi connectivity index (χ1) is 24.1. The first kappa shape index (κ1) is 37.6. The van der Waals surface area contributed by atoms with Gasteiger partial charge in [0.05, 0.1) is 0 Å². The fraction of sp³-hybridized carbons (Fsp3) is 0.361. The minimum absolute atomic E-state index is 0.000229. The summed E-state index contributed by atoms with van der Waals surface area (Å²) in [6.07, 6.45) is 1.48. The number of hydrogen-bond donors (Lipinski definition) is 2. The maximum atomic E-state index is 15.0. The van der Waals surface area contributed by atoms with Crippen LogP contribution in [0.15, 0.2) is 71.8 Å². The van der Waals surface area contributed by atoms with Gasteiger partial charge in [-0.2, -0.15) is 0 Å². The van der Waals surface area contributed by atoms with E-state index in [1.165, 1.54) is 18.7 Å². The van der Waals surface area contributed by atoms with Gasteiger partial charge >= 0.3 is 304 Å². The number of nitrogen functional groups attached to an aromatic ring is 1. The summed E-state index contributed by atoms with van der Waals surface area (Å²) in [4.78, 5) is 44.3. The van der Waals surface area contributed by atoms with Gasteiger partial charge in [0.2, 0.25) is 0 Å². The van der Waals surface area contributed by atoms with Crippen LogP contribution in [0.3, 0.4) is 0 Å². The van der Waals surface area contributed by atoms with Crippen molar-refractivity contribution < 1.29 is 37.5 Å². The Bertz CT molecular complexity index is 2090. The first-order valence-electron chi connectivity index (χ1n) is 16.5. The van der Waals surface area contributed by atoms with Gasteiger partial charge in [0, 0.05) is 0 Å². The molecule has 1 saturated heterocycles. The normalized spacial score (nSPS) is 17.0. The number of benzene rings is 3. The first-order valence-corrected chi connectivity index (χ1v) is 20.3. The van der Waals surface area contributed by atoms with E-state index in [1.807, 2.05) is 45.0 Å². The van der Waals surface area contributed by atoms with E-state index in [4.69, 9.17) is 15.2 Å². The Morgan fingerprint density at radius 3 is 2.47 bits per heavy atom. The molecular formula is C36H41AsN4O9S. The fourth-order valence-corrected chi connectivity index (χ4v) is 10.5. The van der Waals surface area contributed by atoms with E-state index in [0.29, 0.717) is 29.5 Å². The summed E-state index contributed by atoms with van der Waals surface area (Å²) in [7, 11) is -4.05. The molecule has 1 amide bonds. The molecule has 51 heavy (non-hydrogen) atoms. The second-order valence-corrected chi connectivity index (χ2v) is 18.3. The number of nitrogens with two attached hydrogens (primary N) is 1. The molecule has 0 bridgehead atoms. The number of rotatable bonds is 13. The third kappa shape index (κ3) is 7.81. The number of anilines is 1. The summed E-state index contributed by atoms with van der Waals surface area (Å²) in [5.41, 5.74) is 6.22. The predicted octanol–water partition coefficient (Wildman–Crippen LogP) is 4.57. The third-order valence-corrected chi connectivity index (χ3v) is 14.2. The Labute approximate surface area is 302 Å². The number of aromatic nitrogens is 1. The number of fused-ring (bicyclic) bond motifs is 1. The number of carbonyl (C=O) groups excluding carboxylic acids is 1. The number of non-ortho nitro benzene ring substituents is 1. The number of carboxylic acids is 1. The topological polar surface area (TPSA) is 192 Å². The van der Waals surface area contributed by atoms with E-state index < -0.39 is 70.0 Å². The molecule has 15 heteroatoms. The van der Waals surface area contributed by atoms with Crippen molar-refractivity contribution in [3.63, 3.8) is 0 Å². The number of likely N-dealkylation sites (tertiary alicyclic amines) is 1. The van der Waals surface area contributed by atoms with Crippen molar-refractivity contribution >= 4 is 64.1 Å². The van der Waals surface area contributed by atoms with Gasteiger partial charge in [-0.05, 0) is 0 Å². The Balaban J connectivity index is 1.69. The number of ether oxygens (including phenoxy) is 2. The van der Waals surface area contributed by atoms with Crippen molar-refractivity contribution in [2.75, 3.05) is 18.9 Å². The number of pyridine rings is 1. The standard InChI is InChI=1S/C36H41AsN4O9S/c1-6-49-30-18-23(7-11-29(30)50-20(2)3)32(37-24-8-10-26-22(17-24)13-15-39-34(26)38)35(42)40-16-14-27(36(43)44)33(40)28-19-25(41(45)46)9-12-31(28)51(47,48)21(4)5/h7-13,15,17-21,27,32-33,37H,6,14,16H2,1-5H3,(H2,38,39)(H,43,44). The summed E-state index contributed by atoms with van der Waals surface area (Å²) < 4.78 is 39.3. The van der Waals surface area contributed by atoms with Crippen LogP contribution < -0.4 is 19.6 Å². The van der Waals surface area contributed by atoms with Crippen LogP contribution in [-0.4, -0.2) is 80.5 Å². The van der Waals surface area contributed by atoms with Crippen LogP contribution >= 0.6 is 0 Å². The van der Waals surface area contributed by atoms with Crippen molar-refractivity contribution in [1.29, 1.82) is 0 Å². The second kappa shape index (κ2) is 15.3. The molecule has 5 rings (SSSR count). The number of sulfone groups is 1. The van der Waals surface area contributed by atoms with Crippen LogP contribution in [0, 0.1) is 16.0 Å². The van der Waals surface area contributed by atoms with Gasteiger partial charge in [-0.25, -0.2) is 0 Å². The quantitative estimate of drug-likeness (QED) is 0.110. The zero-order chi connectivity index (χ0) is 37.2. The van der Waals surface area contributed by atoms with Gasteiger partial charge in [-0.3, -0.25) is 0 Å². The van der Waals surface area contributed by atoms with Crippen molar-refractivity contribution in [2.45, 2.75) is 68.0 Å². The van der Waals surface area contributed by atoms with Gasteiger partial charge < -0.3 is 0 Å². The predicted molar refractivity (Wildman–Crippen MR) is 195 cm³/mol. The van der Waals surface area contributed by atoms with Crippen molar-refractivity contribution in [2.24, 2.45) is 5.92 Å². The van der Waals surface area contributed by atoms with Gasteiger partial charge in [0.25, 0.3) is 0 Å². The van der Waals surface area contributed by atoms with Crippen molar-refractivity contribution in [1.82, 2.24) is 9.88 Å². The van der Waals surface area contributed by atoms with E-state index in [9.17, 15) is 28.4 Å². The number of nitro groups is 1. The molecule has 4 unspecified atom stereocenters. The number of carboxylic acid groups (broad SMARTS) is 1. The SMILES string of the molecule is CCOc1cc(C([AsH]c2ccc3c(N)nccc3c2)C(=O)N2CCC(C(=O)O)C2c2cc([N+](=O)[O-])ccc2S(=O)(=O)C(C)C)ccc1OC(C)C. The summed E-state index contributed by atoms with van der Waals surface area (Å²) in [6.45, 7) is 8.89. The number of nitro benzene ring substituents is 1. The van der Waals surface area contributed by atoms with Gasteiger partial charge in [0.1, 0.15) is 0 Å². The zero-order valence-electron chi connectivity index (χ0n) is 28.9. The molecule has 0 saturated carbocycles. The van der Waals surface area contributed by atoms with E-state index >= 15 is 4.79 Å². The molecule has 3 N–H and O–H groups in total. The molecule has 0 radical (unpaired) electrons. The monoisotopic (exact) mass is 780 g/mol. The molecule has 1 aliphatic heterocycles. The molecule has 1 aliphatic rings. The molecule has 3 aromatic carbocycles. The third-order valence-electron chi connectivity index (χ3n) is 8.76. The minimum atomic E-state index is -4.05. The Morgan fingerprint density at radius 2 is 1.82 bits per heavy atom. The molecule has 2 heterocycles. The Morgan fingerprint density at radius 1 is 1.08 bits per heavy atom. The Kier molecular flexibility index (Phi) is 11.3. The summed E-state index contributed by atoms with van der Waals surface area (Å²) in [5, 5.41) is 23.0. The van der Waals surface area contributed by atoms with E-state index in [1.54, 1.807) is 24.4 Å². The molecule has 13 nitrogen and oxygen atoms in total. The molecule has 0 spiro atoms. The van der Waals surface area contributed by atoms with Gasteiger partial charge in [-0.1, -0.05) is 0 Å². The molecular weight excluding hydrogens is 739 g/mol. The van der Waals surface area contributed by atoms with Crippen LogP contribution in [-0.2, 0) is 19.4 Å². The molecule has 1 aromatic heterocycles. The van der Waals surface area contributed by atoms with E-state index in [0.717, 1.165) is 33.3 Å². The van der Waals surface area contributed by atoms with Crippen LogP contribution in [0.25, 0.3) is 10.8 Å². The average Bonchev–Trinajstić information content (AvgIpc) is 3.53. The zero-order valence-corrected chi connectivity index (χ0v) is 31.8. The van der Waals surface area contributed by atoms with Crippen LogP contribution in [0.1, 0.15) is 62.9 Å². The van der Waals surface area contributed by atoms with Crippen molar-refractivity contribution in [3.8, 4) is 11.5 Å². The molecule has 4 atom stereocenters. The number of aliphatic carboxylic acids is 1. The Hall–Kier alpha value is -4.68. The summed E-state index contributed by atoms with van der Waals surface area (Å²) in [6, 6.07) is 14.9. The molecule has 270 valence electrons. The summed E-state index contributed by atoms with van der Waals surface area (Å²) in [5.74, 6) is -1.56. The second-order valence-electron chi connectivity index (χ2n) is 12.8. The molecule has 0 aliphatic carbocycles. The van der Waals surface area contributed by atoms with Crippen molar-refractivity contribution in [3.05, 3.63) is 88.1 Å². The van der Waals surface area contributed by atoms with Gasteiger partial charge in [-0.15, -0.1) is 0 Å². The molecule has 4 aromatic rings. The molecule has 1 fully saturated rings.